The van der Waals surface area contributed by atoms with Crippen molar-refractivity contribution < 1.29 is 37.6 Å². The molecule has 5 aliphatic heterocycles. The number of fused-ring (bicyclic) bond motifs is 4. The number of anilines is 1. The number of hydrogen-bond donors (Lipinski definition) is 0. The van der Waals surface area contributed by atoms with Crippen molar-refractivity contribution in [1.29, 1.82) is 0 Å². The number of methoxy groups -OCH3 is 1. The third-order valence-corrected chi connectivity index (χ3v) is 14.2. The topological polar surface area (TPSA) is 117 Å². The molecule has 12 nitrogen and oxygen atoms in total. The van der Waals surface area contributed by atoms with Crippen LogP contribution in [-0.2, 0) is 32.2 Å². The lowest BCUT2D eigenvalue weighted by Crippen LogP contribution is -2.50. The van der Waals surface area contributed by atoms with Crippen LogP contribution in [0, 0.1) is 12.7 Å². The quantitative estimate of drug-likeness (QED) is 0.128. The van der Waals surface area contributed by atoms with Crippen LogP contribution < -0.4 is 14.4 Å². The molecule has 346 valence electrons. The highest BCUT2D eigenvalue weighted by Crippen LogP contribution is 2.54. The first-order valence-electron chi connectivity index (χ1n) is 24.0. The summed E-state index contributed by atoms with van der Waals surface area (Å²) >= 11 is 0. The minimum atomic E-state index is -0.590. The number of aliphatic imine (C=N–C) groups is 1. The number of aromatic nitrogens is 2. The van der Waals surface area contributed by atoms with Gasteiger partial charge in [0.25, 0.3) is 0 Å². The molecule has 1 amide bonds. The molecule has 65 heavy (non-hydrogen) atoms. The molecule has 6 aliphatic rings. The van der Waals surface area contributed by atoms with E-state index in [4.69, 9.17) is 43.4 Å². The van der Waals surface area contributed by atoms with Crippen LogP contribution in [0.15, 0.2) is 41.4 Å². The van der Waals surface area contributed by atoms with Gasteiger partial charge in [0, 0.05) is 80.4 Å². The number of ether oxygens (including phenoxy) is 6. The smallest absolute Gasteiger partial charge is 0.410 e. The van der Waals surface area contributed by atoms with Crippen LogP contribution in [0.25, 0.3) is 22.0 Å². The Bertz CT molecular complexity index is 2420. The van der Waals surface area contributed by atoms with Crippen LogP contribution in [0.3, 0.4) is 0 Å². The molecule has 13 heteroatoms. The number of carbonyl (C=O) groups excluding carboxylic acids is 1. The Kier molecular flexibility index (Phi) is 12.5. The van der Waals surface area contributed by atoms with Gasteiger partial charge in [-0.1, -0.05) is 24.3 Å². The molecule has 5 fully saturated rings. The van der Waals surface area contributed by atoms with Gasteiger partial charge in [0.15, 0.2) is 5.75 Å². The van der Waals surface area contributed by atoms with Crippen molar-refractivity contribution in [2.45, 2.75) is 147 Å². The Morgan fingerprint density at radius 3 is 2.37 bits per heavy atom. The van der Waals surface area contributed by atoms with E-state index in [1.165, 1.54) is 6.42 Å². The number of carbonyl (C=O) groups is 1. The summed E-state index contributed by atoms with van der Waals surface area (Å²) in [6, 6.07) is 12.5. The largest absolute Gasteiger partial charge is 0.486 e. The number of hydrogen-bond acceptors (Lipinski definition) is 11. The molecule has 2 bridgehead atoms. The normalized spacial score (nSPS) is 23.3. The van der Waals surface area contributed by atoms with Gasteiger partial charge in [-0.15, -0.1) is 0 Å². The van der Waals surface area contributed by atoms with Crippen LogP contribution >= 0.6 is 0 Å². The van der Waals surface area contributed by atoms with E-state index in [2.05, 4.69) is 35.2 Å². The molecule has 1 aromatic heterocycles. The number of likely N-dealkylation sites (tertiary alicyclic amines) is 1. The summed E-state index contributed by atoms with van der Waals surface area (Å²) in [5.41, 5.74) is 7.38. The molecular weight excluding hydrogens is 826 g/mol. The van der Waals surface area contributed by atoms with Crippen LogP contribution in [0.4, 0.5) is 15.0 Å². The standard InChI is InChI=1S/C52H64FN5O7/c1-31-44(53)24-40-35(15-16-38-8-6-7-19-62-38)25-54-26-43(40)45(31)46-41(34-13-14-34)23-42-47(48(46)63-30-33-11-9-32(10-12-33)29-60-5)55-50(64-39-17-20-61-21-18-39)56-49(42)57-27-37-22-36(57)28-58(37)51(59)65-52(2,3)4/h9-12,23-24,26,34-39H,6-8,13-22,25,27-30H2,1-5H3/t35?,36-,37-,38?/m0/s1. The van der Waals surface area contributed by atoms with Gasteiger partial charge < -0.3 is 38.2 Å². The van der Waals surface area contributed by atoms with Crippen molar-refractivity contribution >= 4 is 29.0 Å². The summed E-state index contributed by atoms with van der Waals surface area (Å²) in [5.74, 6) is 1.43. The second-order valence-corrected chi connectivity index (χ2v) is 20.1. The molecule has 2 unspecified atom stereocenters. The number of amides is 1. The van der Waals surface area contributed by atoms with E-state index in [1.54, 1.807) is 13.2 Å². The monoisotopic (exact) mass is 889 g/mol. The van der Waals surface area contributed by atoms with Gasteiger partial charge >= 0.3 is 12.1 Å². The fourth-order valence-corrected chi connectivity index (χ4v) is 10.7. The molecule has 0 radical (unpaired) electrons. The van der Waals surface area contributed by atoms with Gasteiger partial charge in [0.2, 0.25) is 0 Å². The number of halogens is 1. The minimum Gasteiger partial charge on any atom is -0.486 e. The Hall–Kier alpha value is -4.85. The van der Waals surface area contributed by atoms with E-state index in [1.807, 2.05) is 38.8 Å². The van der Waals surface area contributed by atoms with Crippen molar-refractivity contribution in [2.24, 2.45) is 4.99 Å². The van der Waals surface area contributed by atoms with Gasteiger partial charge in [-0.3, -0.25) is 4.99 Å². The fraction of sp³-hybridized carbons (Fsp3) is 0.577. The average Bonchev–Trinajstić information content (AvgIpc) is 3.94. The zero-order chi connectivity index (χ0) is 44.8. The second-order valence-electron chi connectivity index (χ2n) is 20.1. The van der Waals surface area contributed by atoms with Crippen molar-refractivity contribution in [3.8, 4) is 22.9 Å². The maximum atomic E-state index is 16.8. The zero-order valence-electron chi connectivity index (χ0n) is 38.7. The van der Waals surface area contributed by atoms with Crippen molar-refractivity contribution in [3.63, 3.8) is 0 Å². The highest BCUT2D eigenvalue weighted by molar-refractivity contribution is 6.04. The van der Waals surface area contributed by atoms with E-state index < -0.39 is 5.60 Å². The molecule has 4 aromatic rings. The summed E-state index contributed by atoms with van der Waals surface area (Å²) in [4.78, 5) is 33.2. The molecule has 3 aromatic carbocycles. The lowest BCUT2D eigenvalue weighted by atomic mass is 9.80. The number of nitrogens with zero attached hydrogens (tertiary/aromatic N) is 5. The summed E-state index contributed by atoms with van der Waals surface area (Å²) in [6.45, 7) is 12.1. The SMILES string of the molecule is COCc1ccc(COc2c(-c3c(C)c(F)cc4c3C=NCC4CCC3CCCCO3)c(C3CC3)cc3c(N4C[C@@H]5C[C@H]4CN5C(=O)OC(C)(C)C)nc(OC4CCOCC4)nc23)cc1. The summed E-state index contributed by atoms with van der Waals surface area (Å²) in [5, 5.41) is 0.860. The number of benzene rings is 3. The van der Waals surface area contributed by atoms with Crippen molar-refractivity contribution in [3.05, 3.63) is 75.6 Å². The minimum absolute atomic E-state index is 0.0187. The first kappa shape index (κ1) is 44.0. The van der Waals surface area contributed by atoms with Gasteiger partial charge in [-0.2, -0.15) is 9.97 Å². The first-order valence-corrected chi connectivity index (χ1v) is 24.0. The predicted octanol–water partition coefficient (Wildman–Crippen LogP) is 9.97. The molecule has 0 spiro atoms. The molecular formula is C52H64FN5O7. The van der Waals surface area contributed by atoms with Gasteiger partial charge in [-0.05, 0) is 125 Å². The molecule has 4 saturated heterocycles. The van der Waals surface area contributed by atoms with E-state index in [-0.39, 0.29) is 60.7 Å². The summed E-state index contributed by atoms with van der Waals surface area (Å²) in [6.07, 6.45) is 11.2. The van der Waals surface area contributed by atoms with Crippen molar-refractivity contribution in [2.75, 3.05) is 51.5 Å². The van der Waals surface area contributed by atoms with E-state index in [0.717, 1.165) is 115 Å². The van der Waals surface area contributed by atoms with Gasteiger partial charge in [0.05, 0.1) is 38.0 Å². The predicted molar refractivity (Wildman–Crippen MR) is 248 cm³/mol. The molecule has 4 atom stereocenters. The Morgan fingerprint density at radius 1 is 0.892 bits per heavy atom. The van der Waals surface area contributed by atoms with Gasteiger partial charge in [-0.25, -0.2) is 9.18 Å². The molecule has 10 rings (SSSR count). The fourth-order valence-electron chi connectivity index (χ4n) is 10.7. The van der Waals surface area contributed by atoms with Crippen molar-refractivity contribution in [1.82, 2.24) is 14.9 Å². The lowest BCUT2D eigenvalue weighted by molar-refractivity contribution is 0.00914. The Balaban J connectivity index is 1.13. The van der Waals surface area contributed by atoms with Crippen LogP contribution in [0.2, 0.25) is 0 Å². The highest BCUT2D eigenvalue weighted by Gasteiger charge is 2.48. The second kappa shape index (κ2) is 18.4. The molecule has 0 N–H and O–H groups in total. The Labute approximate surface area is 382 Å². The lowest BCUT2D eigenvalue weighted by Gasteiger charge is -2.36. The third-order valence-electron chi connectivity index (χ3n) is 14.2. The van der Waals surface area contributed by atoms with Gasteiger partial charge in [0.1, 0.15) is 35.5 Å². The van der Waals surface area contributed by atoms with E-state index in [0.29, 0.717) is 56.3 Å². The first-order chi connectivity index (χ1) is 31.5. The maximum Gasteiger partial charge on any atom is 0.410 e. The average molecular weight is 890 g/mol. The van der Waals surface area contributed by atoms with Crippen LogP contribution in [0.5, 0.6) is 11.8 Å². The Morgan fingerprint density at radius 2 is 1.68 bits per heavy atom. The maximum absolute atomic E-state index is 16.8. The molecule has 6 heterocycles. The third kappa shape index (κ3) is 9.30. The number of piperazine rings is 1. The zero-order valence-corrected chi connectivity index (χ0v) is 38.7. The highest BCUT2D eigenvalue weighted by atomic mass is 19.1. The van der Waals surface area contributed by atoms with Crippen LogP contribution in [-0.4, -0.2) is 104 Å². The molecule has 1 aliphatic carbocycles. The van der Waals surface area contributed by atoms with E-state index in [9.17, 15) is 4.79 Å². The van der Waals surface area contributed by atoms with E-state index >= 15 is 4.39 Å². The number of rotatable bonds is 13. The molecule has 1 saturated carbocycles. The summed E-state index contributed by atoms with van der Waals surface area (Å²) in [7, 11) is 1.70. The van der Waals surface area contributed by atoms with Crippen LogP contribution in [0.1, 0.15) is 130 Å². The summed E-state index contributed by atoms with van der Waals surface area (Å²) < 4.78 is 53.8.